The quantitative estimate of drug-likeness (QED) is 0.827. The number of benzene rings is 2. The summed E-state index contributed by atoms with van der Waals surface area (Å²) < 4.78 is 5.90. The van der Waals surface area contributed by atoms with Gasteiger partial charge in [-0.3, -0.25) is 4.79 Å². The Morgan fingerprint density at radius 1 is 1.14 bits per heavy atom. The lowest BCUT2D eigenvalue weighted by Crippen LogP contribution is -2.42. The Morgan fingerprint density at radius 3 is 2.55 bits per heavy atom. The second kappa shape index (κ2) is 7.83. The predicted octanol–water partition coefficient (Wildman–Crippen LogP) is 4.30. The molecule has 0 heterocycles. The van der Waals surface area contributed by atoms with Crippen molar-refractivity contribution < 1.29 is 9.53 Å². The normalized spacial score (nSPS) is 13.6. The molecule has 2 aromatic rings. The van der Waals surface area contributed by atoms with Crippen LogP contribution < -0.4 is 10.1 Å². The molecule has 0 aliphatic heterocycles. The van der Waals surface area contributed by atoms with Gasteiger partial charge in [-0.1, -0.05) is 50.6 Å². The minimum absolute atomic E-state index is 0.0309. The van der Waals surface area contributed by atoms with E-state index < -0.39 is 6.10 Å². The molecule has 3 nitrogen and oxygen atoms in total. The molecule has 0 saturated carbocycles. The molecule has 2 rings (SSSR count). The minimum atomic E-state index is -0.444. The largest absolute Gasteiger partial charge is 0.481 e. The Labute approximate surface area is 132 Å². The fourth-order valence-electron chi connectivity index (χ4n) is 2.57. The third-order valence-corrected chi connectivity index (χ3v) is 3.77. The van der Waals surface area contributed by atoms with Crippen LogP contribution in [0.1, 0.15) is 40.0 Å². The maximum atomic E-state index is 12.3. The first kappa shape index (κ1) is 16.3. The van der Waals surface area contributed by atoms with E-state index >= 15 is 0 Å². The summed E-state index contributed by atoms with van der Waals surface area (Å²) in [5.41, 5.74) is 0. The van der Waals surface area contributed by atoms with Gasteiger partial charge in [0.15, 0.2) is 6.10 Å². The van der Waals surface area contributed by atoms with Crippen molar-refractivity contribution in [2.24, 2.45) is 0 Å². The van der Waals surface area contributed by atoms with Crippen molar-refractivity contribution in [2.75, 3.05) is 0 Å². The summed E-state index contributed by atoms with van der Waals surface area (Å²) in [6.07, 6.45) is 2.25. The highest BCUT2D eigenvalue weighted by Gasteiger charge is 2.19. The number of nitrogens with one attached hydrogen (secondary N) is 1. The van der Waals surface area contributed by atoms with E-state index in [1.165, 1.54) is 5.39 Å². The van der Waals surface area contributed by atoms with Crippen molar-refractivity contribution in [3.05, 3.63) is 42.5 Å². The first-order valence-corrected chi connectivity index (χ1v) is 8.09. The van der Waals surface area contributed by atoms with Gasteiger partial charge in [0.1, 0.15) is 5.75 Å². The molecule has 22 heavy (non-hydrogen) atoms. The summed E-state index contributed by atoms with van der Waals surface area (Å²) in [6, 6.07) is 14.3. The lowest BCUT2D eigenvalue weighted by Gasteiger charge is -2.20. The van der Waals surface area contributed by atoms with Gasteiger partial charge >= 0.3 is 0 Å². The van der Waals surface area contributed by atoms with E-state index in [-0.39, 0.29) is 11.9 Å². The van der Waals surface area contributed by atoms with Crippen molar-refractivity contribution in [3.8, 4) is 5.75 Å². The van der Waals surface area contributed by atoms with Crippen LogP contribution in [0.25, 0.3) is 10.8 Å². The summed E-state index contributed by atoms with van der Waals surface area (Å²) in [5.74, 6) is 0.709. The minimum Gasteiger partial charge on any atom is -0.481 e. The van der Waals surface area contributed by atoms with Crippen LogP contribution in [-0.2, 0) is 4.79 Å². The smallest absolute Gasteiger partial charge is 0.261 e. The van der Waals surface area contributed by atoms with Crippen LogP contribution in [0.2, 0.25) is 0 Å². The molecular formula is C19H25NO2. The molecule has 0 bridgehead atoms. The molecule has 0 radical (unpaired) electrons. The van der Waals surface area contributed by atoms with Gasteiger partial charge in [0.2, 0.25) is 0 Å². The molecule has 0 aliphatic carbocycles. The molecule has 0 fully saturated rings. The second-order valence-corrected chi connectivity index (χ2v) is 5.72. The SMILES string of the molecule is CCC[C@@H](C)NC(=O)[C@@H](CC)Oc1ccc2ccccc2c1. The highest BCUT2D eigenvalue weighted by Crippen LogP contribution is 2.22. The lowest BCUT2D eigenvalue weighted by molar-refractivity contribution is -0.128. The summed E-state index contributed by atoms with van der Waals surface area (Å²) in [7, 11) is 0. The molecular weight excluding hydrogens is 274 g/mol. The van der Waals surface area contributed by atoms with Gasteiger partial charge < -0.3 is 10.1 Å². The number of hydrogen-bond donors (Lipinski definition) is 1. The Hall–Kier alpha value is -2.03. The van der Waals surface area contributed by atoms with E-state index in [9.17, 15) is 4.79 Å². The molecule has 0 aliphatic rings. The Morgan fingerprint density at radius 2 is 1.86 bits per heavy atom. The summed E-state index contributed by atoms with van der Waals surface area (Å²) >= 11 is 0. The molecule has 2 atom stereocenters. The third-order valence-electron chi connectivity index (χ3n) is 3.77. The number of rotatable bonds is 7. The molecule has 2 aromatic carbocycles. The molecule has 1 amide bonds. The van der Waals surface area contributed by atoms with Crippen molar-refractivity contribution in [2.45, 2.75) is 52.2 Å². The number of carbonyl (C=O) groups excluding carboxylic acids is 1. The van der Waals surface area contributed by atoms with Crippen LogP contribution in [0.3, 0.4) is 0 Å². The first-order valence-electron chi connectivity index (χ1n) is 8.09. The van der Waals surface area contributed by atoms with Crippen LogP contribution >= 0.6 is 0 Å². The van der Waals surface area contributed by atoms with E-state index in [1.807, 2.05) is 50.2 Å². The zero-order valence-corrected chi connectivity index (χ0v) is 13.6. The topological polar surface area (TPSA) is 38.3 Å². The van der Waals surface area contributed by atoms with Gasteiger partial charge in [-0.05, 0) is 42.7 Å². The molecule has 1 N–H and O–H groups in total. The maximum Gasteiger partial charge on any atom is 0.261 e. The monoisotopic (exact) mass is 299 g/mol. The van der Waals surface area contributed by atoms with Crippen LogP contribution in [0.5, 0.6) is 5.75 Å². The number of ether oxygens (including phenoxy) is 1. The fraction of sp³-hybridized carbons (Fsp3) is 0.421. The Kier molecular flexibility index (Phi) is 5.82. The van der Waals surface area contributed by atoms with Crippen LogP contribution in [0, 0.1) is 0 Å². The molecule has 0 spiro atoms. The van der Waals surface area contributed by atoms with E-state index in [0.717, 1.165) is 24.0 Å². The second-order valence-electron chi connectivity index (χ2n) is 5.72. The van der Waals surface area contributed by atoms with E-state index in [2.05, 4.69) is 18.3 Å². The number of carbonyl (C=O) groups is 1. The zero-order chi connectivity index (χ0) is 15.9. The maximum absolute atomic E-state index is 12.3. The van der Waals surface area contributed by atoms with Crippen LogP contribution in [0.15, 0.2) is 42.5 Å². The van der Waals surface area contributed by atoms with Crippen molar-refractivity contribution >= 4 is 16.7 Å². The summed E-state index contributed by atoms with van der Waals surface area (Å²) in [6.45, 7) is 6.12. The van der Waals surface area contributed by atoms with Crippen molar-refractivity contribution in [3.63, 3.8) is 0 Å². The van der Waals surface area contributed by atoms with Gasteiger partial charge in [0.05, 0.1) is 0 Å². The summed E-state index contributed by atoms with van der Waals surface area (Å²) in [5, 5.41) is 5.32. The van der Waals surface area contributed by atoms with Gasteiger partial charge in [0, 0.05) is 6.04 Å². The zero-order valence-electron chi connectivity index (χ0n) is 13.6. The van der Waals surface area contributed by atoms with Gasteiger partial charge in [-0.2, -0.15) is 0 Å². The highest BCUT2D eigenvalue weighted by molar-refractivity contribution is 5.84. The van der Waals surface area contributed by atoms with E-state index in [1.54, 1.807) is 0 Å². The van der Waals surface area contributed by atoms with Crippen LogP contribution in [0.4, 0.5) is 0 Å². The molecule has 0 aromatic heterocycles. The average Bonchev–Trinajstić information content (AvgIpc) is 2.52. The van der Waals surface area contributed by atoms with E-state index in [0.29, 0.717) is 6.42 Å². The van der Waals surface area contributed by atoms with Crippen molar-refractivity contribution in [1.29, 1.82) is 0 Å². The molecule has 0 saturated heterocycles. The van der Waals surface area contributed by atoms with Gasteiger partial charge in [-0.15, -0.1) is 0 Å². The summed E-state index contributed by atoms with van der Waals surface area (Å²) in [4.78, 5) is 12.3. The third kappa shape index (κ3) is 4.23. The van der Waals surface area contributed by atoms with Crippen molar-refractivity contribution in [1.82, 2.24) is 5.32 Å². The molecule has 0 unspecified atom stereocenters. The predicted molar refractivity (Wildman–Crippen MR) is 91.2 cm³/mol. The number of amides is 1. The number of fused-ring (bicyclic) bond motifs is 1. The van der Waals surface area contributed by atoms with Gasteiger partial charge in [0.25, 0.3) is 5.91 Å². The highest BCUT2D eigenvalue weighted by atomic mass is 16.5. The van der Waals surface area contributed by atoms with Crippen LogP contribution in [-0.4, -0.2) is 18.1 Å². The average molecular weight is 299 g/mol. The molecule has 3 heteroatoms. The first-order chi connectivity index (χ1) is 10.6. The fourth-order valence-corrected chi connectivity index (χ4v) is 2.57. The Bertz CT molecular complexity index is 624. The lowest BCUT2D eigenvalue weighted by atomic mass is 10.1. The standard InChI is InChI=1S/C19H25NO2/c1-4-8-14(3)20-19(21)18(5-2)22-17-12-11-15-9-6-7-10-16(15)13-17/h6-7,9-14,18H,4-5,8H2,1-3H3,(H,20,21)/t14-,18-/m1/s1. The van der Waals surface area contributed by atoms with E-state index in [4.69, 9.17) is 4.74 Å². The number of hydrogen-bond acceptors (Lipinski definition) is 2. The Balaban J connectivity index is 2.06. The van der Waals surface area contributed by atoms with Gasteiger partial charge in [-0.25, -0.2) is 0 Å². The molecule has 118 valence electrons.